The molecule has 1 aliphatic heterocycles. The molecule has 1 spiro atoms. The van der Waals surface area contributed by atoms with Crippen molar-refractivity contribution in [2.24, 2.45) is 5.41 Å². The van der Waals surface area contributed by atoms with Gasteiger partial charge in [0.2, 0.25) is 0 Å². The zero-order valence-electron chi connectivity index (χ0n) is 10.0. The number of hydrogen-bond acceptors (Lipinski definition) is 1. The molecule has 4 rings (SSSR count). The summed E-state index contributed by atoms with van der Waals surface area (Å²) < 4.78 is 0. The van der Waals surface area contributed by atoms with E-state index in [0.717, 1.165) is 0 Å². The summed E-state index contributed by atoms with van der Waals surface area (Å²) >= 11 is 0. The first-order chi connectivity index (χ1) is 8.37. The Morgan fingerprint density at radius 1 is 1.00 bits per heavy atom. The number of hydrogen-bond donors (Lipinski definition) is 0. The molecule has 1 saturated heterocycles. The van der Waals surface area contributed by atoms with Gasteiger partial charge in [0.1, 0.15) is 0 Å². The van der Waals surface area contributed by atoms with Crippen molar-refractivity contribution >= 4 is 0 Å². The summed E-state index contributed by atoms with van der Waals surface area (Å²) in [6.07, 6.45) is 20.2. The molecule has 4 aliphatic rings. The summed E-state index contributed by atoms with van der Waals surface area (Å²) in [5.41, 5.74) is 4.47. The molecule has 0 aromatic rings. The van der Waals surface area contributed by atoms with Crippen molar-refractivity contribution in [3.8, 4) is 0 Å². The van der Waals surface area contributed by atoms with Gasteiger partial charge in [-0.25, -0.2) is 0 Å². The van der Waals surface area contributed by atoms with E-state index in [2.05, 4.69) is 47.4 Å². The van der Waals surface area contributed by atoms with Gasteiger partial charge in [-0.05, 0) is 42.6 Å². The van der Waals surface area contributed by atoms with E-state index >= 15 is 0 Å². The van der Waals surface area contributed by atoms with Crippen molar-refractivity contribution in [3.63, 3.8) is 0 Å². The summed E-state index contributed by atoms with van der Waals surface area (Å²) in [6, 6.07) is 0. The summed E-state index contributed by atoms with van der Waals surface area (Å²) in [5, 5.41) is 0. The largest absolute Gasteiger partial charge is 0.371 e. The van der Waals surface area contributed by atoms with E-state index in [0.29, 0.717) is 0 Å². The predicted octanol–water partition coefficient (Wildman–Crippen LogP) is 3.35. The van der Waals surface area contributed by atoms with Crippen molar-refractivity contribution in [1.29, 1.82) is 0 Å². The van der Waals surface area contributed by atoms with E-state index < -0.39 is 0 Å². The van der Waals surface area contributed by atoms with E-state index in [4.69, 9.17) is 0 Å². The molecule has 0 radical (unpaired) electrons. The van der Waals surface area contributed by atoms with Gasteiger partial charge in [-0.3, -0.25) is 0 Å². The van der Waals surface area contributed by atoms with Gasteiger partial charge in [0.05, 0.1) is 5.41 Å². The Labute approximate surface area is 103 Å². The molecule has 0 aromatic heterocycles. The van der Waals surface area contributed by atoms with Crippen LogP contribution in [0.1, 0.15) is 19.3 Å². The Balaban J connectivity index is 1.70. The zero-order valence-corrected chi connectivity index (χ0v) is 10.0. The van der Waals surface area contributed by atoms with Crippen molar-refractivity contribution < 1.29 is 0 Å². The van der Waals surface area contributed by atoms with Crippen LogP contribution in [0.3, 0.4) is 0 Å². The molecule has 1 atom stereocenters. The molecule has 86 valence electrons. The van der Waals surface area contributed by atoms with Crippen LogP contribution < -0.4 is 0 Å². The van der Waals surface area contributed by atoms with E-state index in [9.17, 15) is 0 Å². The minimum absolute atomic E-state index is 0.108. The van der Waals surface area contributed by atoms with Crippen molar-refractivity contribution in [2.75, 3.05) is 13.1 Å². The fourth-order valence-electron chi connectivity index (χ4n) is 3.42. The second kappa shape index (κ2) is 3.25. The predicted molar refractivity (Wildman–Crippen MR) is 70.4 cm³/mol. The molecule has 1 heteroatoms. The van der Waals surface area contributed by atoms with Crippen LogP contribution in [-0.2, 0) is 0 Å². The quantitative estimate of drug-likeness (QED) is 0.659. The maximum absolute atomic E-state index is 2.57. The van der Waals surface area contributed by atoms with Crippen LogP contribution in [0.2, 0.25) is 0 Å². The molecule has 0 amide bonds. The summed E-state index contributed by atoms with van der Waals surface area (Å²) in [6.45, 7) is 2.48. The highest BCUT2D eigenvalue weighted by atomic mass is 15.1. The number of nitrogens with zero attached hydrogens (tertiary/aromatic N) is 1. The summed E-state index contributed by atoms with van der Waals surface area (Å²) in [5.74, 6) is 0. The normalized spacial score (nSPS) is 33.4. The highest BCUT2D eigenvalue weighted by Gasteiger charge is 2.39. The SMILES string of the molecule is C1=CC2=CC3=CC2(C=C1)C=C3N1CCCCC1. The first-order valence-electron chi connectivity index (χ1n) is 6.67. The number of allylic oxidation sites excluding steroid dienone is 8. The monoisotopic (exact) mass is 223 g/mol. The number of piperidine rings is 1. The second-order valence-corrected chi connectivity index (χ2v) is 5.43. The first kappa shape index (κ1) is 9.52. The topological polar surface area (TPSA) is 3.24 Å². The smallest absolute Gasteiger partial charge is 0.0528 e. The summed E-state index contributed by atoms with van der Waals surface area (Å²) in [7, 11) is 0. The van der Waals surface area contributed by atoms with Crippen LogP contribution in [0.15, 0.2) is 59.4 Å². The molecule has 17 heavy (non-hydrogen) atoms. The lowest BCUT2D eigenvalue weighted by Crippen LogP contribution is -2.30. The lowest BCUT2D eigenvalue weighted by Gasteiger charge is -2.33. The average Bonchev–Trinajstić information content (AvgIpc) is 2.93. The Kier molecular flexibility index (Phi) is 1.82. The fraction of sp³-hybridized carbons (Fsp3) is 0.375. The molecule has 0 aromatic carbocycles. The molecule has 1 fully saturated rings. The van der Waals surface area contributed by atoms with Gasteiger partial charge in [-0.15, -0.1) is 0 Å². The minimum atomic E-state index is 0.108. The molecule has 1 unspecified atom stereocenters. The lowest BCUT2D eigenvalue weighted by atomic mass is 9.79. The van der Waals surface area contributed by atoms with Crippen LogP contribution in [0.25, 0.3) is 0 Å². The van der Waals surface area contributed by atoms with Gasteiger partial charge in [-0.1, -0.05) is 30.4 Å². The molecule has 0 N–H and O–H groups in total. The molecule has 1 nitrogen and oxygen atoms in total. The van der Waals surface area contributed by atoms with Crippen LogP contribution in [0, 0.1) is 5.41 Å². The molecular formula is C16H17N. The third-order valence-corrected chi connectivity index (χ3v) is 4.33. The highest BCUT2D eigenvalue weighted by molar-refractivity contribution is 5.66. The van der Waals surface area contributed by atoms with Gasteiger partial charge >= 0.3 is 0 Å². The van der Waals surface area contributed by atoms with Gasteiger partial charge < -0.3 is 4.90 Å². The molecule has 0 saturated carbocycles. The van der Waals surface area contributed by atoms with Gasteiger partial charge in [-0.2, -0.15) is 0 Å². The zero-order chi connectivity index (χ0) is 11.3. The molecule has 2 bridgehead atoms. The van der Waals surface area contributed by atoms with E-state index in [-0.39, 0.29) is 5.41 Å². The van der Waals surface area contributed by atoms with Crippen molar-refractivity contribution in [1.82, 2.24) is 4.90 Å². The number of rotatable bonds is 1. The third-order valence-electron chi connectivity index (χ3n) is 4.33. The Hall–Kier alpha value is -1.50. The van der Waals surface area contributed by atoms with E-state index in [1.807, 2.05) is 0 Å². The van der Waals surface area contributed by atoms with Crippen molar-refractivity contribution in [3.05, 3.63) is 59.4 Å². The maximum Gasteiger partial charge on any atom is 0.0528 e. The van der Waals surface area contributed by atoms with Crippen LogP contribution in [-0.4, -0.2) is 18.0 Å². The minimum Gasteiger partial charge on any atom is -0.371 e. The summed E-state index contributed by atoms with van der Waals surface area (Å²) in [4.78, 5) is 2.57. The molecule has 1 heterocycles. The lowest BCUT2D eigenvalue weighted by molar-refractivity contribution is 0.290. The van der Waals surface area contributed by atoms with Crippen LogP contribution >= 0.6 is 0 Å². The van der Waals surface area contributed by atoms with Crippen LogP contribution in [0.4, 0.5) is 0 Å². The average molecular weight is 223 g/mol. The number of likely N-dealkylation sites (tertiary alicyclic amines) is 1. The Morgan fingerprint density at radius 2 is 1.88 bits per heavy atom. The first-order valence-corrected chi connectivity index (χ1v) is 6.67. The Bertz CT molecular complexity index is 510. The van der Waals surface area contributed by atoms with Gasteiger partial charge in [0.25, 0.3) is 0 Å². The second-order valence-electron chi connectivity index (χ2n) is 5.43. The van der Waals surface area contributed by atoms with E-state index in [1.54, 1.807) is 0 Å². The molecule has 3 aliphatic carbocycles. The maximum atomic E-state index is 2.57. The standard InChI is InChI=1S/C16H17N/c1-4-8-17(9-5-1)15-12-16-7-3-2-6-14(16)10-13(15)11-16/h2-3,6-7,10-12H,1,4-5,8-9H2. The third kappa shape index (κ3) is 1.25. The van der Waals surface area contributed by atoms with E-state index in [1.165, 1.54) is 49.2 Å². The van der Waals surface area contributed by atoms with Gasteiger partial charge in [0, 0.05) is 18.8 Å². The highest BCUT2D eigenvalue weighted by Crippen LogP contribution is 2.50. The molecular weight excluding hydrogens is 206 g/mol. The van der Waals surface area contributed by atoms with Gasteiger partial charge in [0.15, 0.2) is 0 Å². The fourth-order valence-corrected chi connectivity index (χ4v) is 3.42. The van der Waals surface area contributed by atoms with Crippen molar-refractivity contribution in [2.45, 2.75) is 19.3 Å². The Morgan fingerprint density at radius 3 is 2.76 bits per heavy atom. The van der Waals surface area contributed by atoms with Crippen LogP contribution in [0.5, 0.6) is 0 Å².